The van der Waals surface area contributed by atoms with Crippen molar-refractivity contribution in [3.05, 3.63) is 30.3 Å². The summed E-state index contributed by atoms with van der Waals surface area (Å²) in [5.74, 6) is 0. The summed E-state index contributed by atoms with van der Waals surface area (Å²) >= 11 is 0. The Morgan fingerprint density at radius 2 is 1.65 bits per heavy atom. The first kappa shape index (κ1) is 15.4. The minimum Gasteiger partial charge on any atom is -0.388 e. The number of nitrogens with one attached hydrogen (secondary N) is 1. The molecule has 0 aliphatic carbocycles. The van der Waals surface area contributed by atoms with Gasteiger partial charge in [-0.25, -0.2) is 8.42 Å². The molecule has 0 saturated carbocycles. The quantitative estimate of drug-likeness (QED) is 0.557. The van der Waals surface area contributed by atoms with Crippen molar-refractivity contribution in [2.45, 2.75) is 42.5 Å². The second kappa shape index (κ2) is 5.76. The maximum absolute atomic E-state index is 12.1. The Kier molecular flexibility index (Phi) is 4.43. The minimum atomic E-state index is -3.88. The van der Waals surface area contributed by atoms with Crippen LogP contribution in [-0.2, 0) is 14.8 Å². The van der Waals surface area contributed by atoms with Crippen LogP contribution in [0.3, 0.4) is 0 Å². The zero-order valence-electron chi connectivity index (χ0n) is 10.7. The van der Waals surface area contributed by atoms with E-state index in [9.17, 15) is 23.7 Å². The van der Waals surface area contributed by atoms with Gasteiger partial charge in [-0.05, 0) is 19.1 Å². The molecular weight excluding hydrogens is 286 g/mol. The number of aliphatic hydroxyl groups excluding tert-OH is 3. The van der Waals surface area contributed by atoms with Gasteiger partial charge in [-0.3, -0.25) is 0 Å². The van der Waals surface area contributed by atoms with E-state index in [4.69, 9.17) is 4.74 Å². The van der Waals surface area contributed by atoms with E-state index in [2.05, 4.69) is 4.72 Å². The first-order valence-electron chi connectivity index (χ1n) is 6.10. The molecule has 2 rings (SSSR count). The number of rotatable bonds is 3. The van der Waals surface area contributed by atoms with E-state index in [0.29, 0.717) is 0 Å². The van der Waals surface area contributed by atoms with Crippen LogP contribution in [0.4, 0.5) is 0 Å². The standard InChI is InChI=1S/C12H17NO6S/c1-7-9(14)10(15)11(16)12(19-7)13-20(17,18)8-5-3-2-4-6-8/h2-7,9-16H,1H3/t7-,9+,10+,11-,12-/m0/s1. The summed E-state index contributed by atoms with van der Waals surface area (Å²) in [5.41, 5.74) is 0. The van der Waals surface area contributed by atoms with E-state index >= 15 is 0 Å². The smallest absolute Gasteiger partial charge is 0.242 e. The highest BCUT2D eigenvalue weighted by Crippen LogP contribution is 2.21. The first-order chi connectivity index (χ1) is 9.33. The molecule has 7 nitrogen and oxygen atoms in total. The molecule has 1 aliphatic heterocycles. The van der Waals surface area contributed by atoms with E-state index in [1.807, 2.05) is 0 Å². The van der Waals surface area contributed by atoms with Crippen molar-refractivity contribution in [3.63, 3.8) is 0 Å². The maximum atomic E-state index is 12.1. The van der Waals surface area contributed by atoms with Crippen LogP contribution >= 0.6 is 0 Å². The lowest BCUT2D eigenvalue weighted by Gasteiger charge is -2.39. The molecule has 1 aromatic rings. The lowest BCUT2D eigenvalue weighted by Crippen LogP contribution is -2.61. The van der Waals surface area contributed by atoms with Gasteiger partial charge in [0.15, 0.2) is 0 Å². The Morgan fingerprint density at radius 1 is 1.05 bits per heavy atom. The van der Waals surface area contributed by atoms with Crippen molar-refractivity contribution in [2.24, 2.45) is 0 Å². The van der Waals surface area contributed by atoms with Crippen molar-refractivity contribution in [1.29, 1.82) is 0 Å². The Balaban J connectivity index is 2.17. The molecule has 1 aliphatic rings. The van der Waals surface area contributed by atoms with E-state index in [1.165, 1.54) is 19.1 Å². The molecule has 5 atom stereocenters. The van der Waals surface area contributed by atoms with Crippen molar-refractivity contribution in [1.82, 2.24) is 4.72 Å². The number of benzene rings is 1. The fourth-order valence-corrected chi connectivity index (χ4v) is 3.12. The molecule has 0 spiro atoms. The fraction of sp³-hybridized carbons (Fsp3) is 0.500. The predicted octanol–water partition coefficient (Wildman–Crippen LogP) is -1.21. The Bertz CT molecular complexity index is 548. The molecule has 112 valence electrons. The Hall–Kier alpha value is -1.03. The van der Waals surface area contributed by atoms with Crippen molar-refractivity contribution < 1.29 is 28.5 Å². The van der Waals surface area contributed by atoms with Gasteiger partial charge in [0, 0.05) is 0 Å². The zero-order valence-corrected chi connectivity index (χ0v) is 11.6. The zero-order chi connectivity index (χ0) is 14.9. The number of aliphatic hydroxyl groups is 3. The van der Waals surface area contributed by atoms with Crippen LogP contribution in [0.15, 0.2) is 35.2 Å². The van der Waals surface area contributed by atoms with Crippen LogP contribution in [0.1, 0.15) is 6.92 Å². The highest BCUT2D eigenvalue weighted by molar-refractivity contribution is 7.89. The first-order valence-corrected chi connectivity index (χ1v) is 7.58. The van der Waals surface area contributed by atoms with E-state index < -0.39 is 40.7 Å². The summed E-state index contributed by atoms with van der Waals surface area (Å²) in [7, 11) is -3.88. The molecule has 1 saturated heterocycles. The third-order valence-corrected chi connectivity index (χ3v) is 4.61. The number of hydrogen-bond acceptors (Lipinski definition) is 6. The van der Waals surface area contributed by atoms with Gasteiger partial charge >= 0.3 is 0 Å². The Morgan fingerprint density at radius 3 is 2.25 bits per heavy atom. The highest BCUT2D eigenvalue weighted by Gasteiger charge is 2.43. The topological polar surface area (TPSA) is 116 Å². The molecule has 0 amide bonds. The third kappa shape index (κ3) is 3.00. The largest absolute Gasteiger partial charge is 0.388 e. The second-order valence-electron chi connectivity index (χ2n) is 4.67. The van der Waals surface area contributed by atoms with Gasteiger partial charge in [0.2, 0.25) is 10.0 Å². The van der Waals surface area contributed by atoms with Crippen LogP contribution in [0.5, 0.6) is 0 Å². The summed E-state index contributed by atoms with van der Waals surface area (Å²) in [5, 5.41) is 29.0. The monoisotopic (exact) mass is 303 g/mol. The molecule has 20 heavy (non-hydrogen) atoms. The summed E-state index contributed by atoms with van der Waals surface area (Å²) in [6, 6.07) is 7.59. The molecule has 0 bridgehead atoms. The predicted molar refractivity (Wildman–Crippen MR) is 69.1 cm³/mol. The number of ether oxygens (including phenoxy) is 1. The molecule has 1 aromatic carbocycles. The number of hydrogen-bond donors (Lipinski definition) is 4. The number of sulfonamides is 1. The van der Waals surface area contributed by atoms with E-state index in [1.54, 1.807) is 18.2 Å². The lowest BCUT2D eigenvalue weighted by atomic mass is 9.99. The van der Waals surface area contributed by atoms with Gasteiger partial charge in [0.05, 0.1) is 11.0 Å². The summed E-state index contributed by atoms with van der Waals surface area (Å²) < 4.78 is 31.5. The third-order valence-electron chi connectivity index (χ3n) is 3.18. The van der Waals surface area contributed by atoms with Gasteiger partial charge < -0.3 is 20.1 Å². The lowest BCUT2D eigenvalue weighted by molar-refractivity contribution is -0.219. The maximum Gasteiger partial charge on any atom is 0.242 e. The molecule has 1 heterocycles. The van der Waals surface area contributed by atoms with Crippen LogP contribution in [0, 0.1) is 0 Å². The molecule has 4 N–H and O–H groups in total. The normalized spacial score (nSPS) is 34.9. The SMILES string of the molecule is C[C@@H]1O[C@H](NS(=O)(=O)c2ccccc2)[C@@H](O)[C@H](O)[C@@H]1O. The van der Waals surface area contributed by atoms with Crippen molar-refractivity contribution in [3.8, 4) is 0 Å². The average molecular weight is 303 g/mol. The van der Waals surface area contributed by atoms with Crippen LogP contribution in [0.2, 0.25) is 0 Å². The van der Waals surface area contributed by atoms with E-state index in [0.717, 1.165) is 0 Å². The molecule has 0 aromatic heterocycles. The van der Waals surface area contributed by atoms with Crippen molar-refractivity contribution >= 4 is 10.0 Å². The van der Waals surface area contributed by atoms with Crippen LogP contribution in [-0.4, -0.2) is 54.4 Å². The van der Waals surface area contributed by atoms with Gasteiger partial charge in [-0.1, -0.05) is 18.2 Å². The van der Waals surface area contributed by atoms with Crippen molar-refractivity contribution in [2.75, 3.05) is 0 Å². The van der Waals surface area contributed by atoms with Gasteiger partial charge in [-0.15, -0.1) is 0 Å². The highest BCUT2D eigenvalue weighted by atomic mass is 32.2. The average Bonchev–Trinajstić information content (AvgIpc) is 2.43. The summed E-state index contributed by atoms with van der Waals surface area (Å²) in [4.78, 5) is 0.0177. The fourth-order valence-electron chi connectivity index (χ4n) is 1.97. The summed E-state index contributed by atoms with van der Waals surface area (Å²) in [6.45, 7) is 1.48. The van der Waals surface area contributed by atoms with Gasteiger partial charge in [0.1, 0.15) is 24.5 Å². The molecule has 0 radical (unpaired) electrons. The van der Waals surface area contributed by atoms with E-state index in [-0.39, 0.29) is 4.90 Å². The molecule has 1 fully saturated rings. The summed E-state index contributed by atoms with van der Waals surface area (Å²) in [6.07, 6.45) is -6.45. The Labute approximate surface area is 116 Å². The van der Waals surface area contributed by atoms with Crippen LogP contribution in [0.25, 0.3) is 0 Å². The molecular formula is C12H17NO6S. The van der Waals surface area contributed by atoms with Gasteiger partial charge in [-0.2, -0.15) is 4.72 Å². The molecule has 8 heteroatoms. The van der Waals surface area contributed by atoms with Crippen LogP contribution < -0.4 is 4.72 Å². The van der Waals surface area contributed by atoms with Gasteiger partial charge in [0.25, 0.3) is 0 Å². The minimum absolute atomic E-state index is 0.0177. The second-order valence-corrected chi connectivity index (χ2v) is 6.38. The molecule has 0 unspecified atom stereocenters.